The van der Waals surface area contributed by atoms with Crippen molar-refractivity contribution >= 4 is 17.4 Å². The summed E-state index contributed by atoms with van der Waals surface area (Å²) in [5, 5.41) is 0.328. The number of piperidine rings is 1. The highest BCUT2D eigenvalue weighted by atomic mass is 35.5. The number of nitrogens with zero attached hydrogens (tertiary/aromatic N) is 3. The molecule has 1 aliphatic heterocycles. The van der Waals surface area contributed by atoms with E-state index in [0.29, 0.717) is 36.9 Å². The third kappa shape index (κ3) is 2.83. The molecule has 0 amide bonds. The van der Waals surface area contributed by atoms with E-state index < -0.39 is 11.8 Å². The molecular weight excluding hydrogens is 248 g/mol. The van der Waals surface area contributed by atoms with E-state index in [9.17, 15) is 8.78 Å². The zero-order valence-electron chi connectivity index (χ0n) is 9.54. The highest BCUT2D eigenvalue weighted by Gasteiger charge is 2.36. The van der Waals surface area contributed by atoms with Crippen molar-refractivity contribution in [3.63, 3.8) is 0 Å². The minimum atomic E-state index is -2.60. The van der Waals surface area contributed by atoms with Crippen LogP contribution in [0, 0.1) is 5.92 Å². The summed E-state index contributed by atoms with van der Waals surface area (Å²) in [5.74, 6) is -2.56. The maximum atomic E-state index is 13.1. The predicted molar refractivity (Wildman–Crippen MR) is 62.6 cm³/mol. The van der Waals surface area contributed by atoms with Gasteiger partial charge in [0.1, 0.15) is 0 Å². The topological polar surface area (TPSA) is 29.0 Å². The van der Waals surface area contributed by atoms with Crippen LogP contribution in [0.2, 0.25) is 5.15 Å². The summed E-state index contributed by atoms with van der Waals surface area (Å²) >= 11 is 5.92. The Kier molecular flexibility index (Phi) is 3.47. The molecule has 6 heteroatoms. The number of aromatic nitrogens is 2. The lowest BCUT2D eigenvalue weighted by atomic mass is 9.91. The standard InChI is InChI=1S/C11H14ClF2N3/c1-11(13,14)8-2-6-17(7-3-8)10-9(12)15-4-5-16-10/h4-5,8H,2-3,6-7H2,1H3. The van der Waals surface area contributed by atoms with E-state index in [-0.39, 0.29) is 0 Å². The second-order valence-electron chi connectivity index (χ2n) is 4.39. The maximum Gasteiger partial charge on any atom is 0.248 e. The van der Waals surface area contributed by atoms with E-state index in [0.717, 1.165) is 6.92 Å². The molecule has 0 spiro atoms. The molecule has 3 nitrogen and oxygen atoms in total. The molecule has 0 atom stereocenters. The summed E-state index contributed by atoms with van der Waals surface area (Å²) in [4.78, 5) is 9.98. The van der Waals surface area contributed by atoms with Gasteiger partial charge in [-0.05, 0) is 19.8 Å². The van der Waals surface area contributed by atoms with Crippen LogP contribution in [0.1, 0.15) is 19.8 Å². The summed E-state index contributed by atoms with van der Waals surface area (Å²) in [6.45, 7) is 2.08. The molecular formula is C11H14ClF2N3. The molecule has 2 rings (SSSR count). The van der Waals surface area contributed by atoms with Gasteiger partial charge in [0.25, 0.3) is 0 Å². The molecule has 0 saturated carbocycles. The Bertz CT molecular complexity index is 387. The Hall–Kier alpha value is -0.970. The Morgan fingerprint density at radius 2 is 1.88 bits per heavy atom. The van der Waals surface area contributed by atoms with Gasteiger partial charge in [-0.3, -0.25) is 0 Å². The van der Waals surface area contributed by atoms with E-state index in [4.69, 9.17) is 11.6 Å². The van der Waals surface area contributed by atoms with Crippen molar-refractivity contribution in [2.24, 2.45) is 5.92 Å². The minimum Gasteiger partial charge on any atom is -0.354 e. The summed E-state index contributed by atoms with van der Waals surface area (Å²) in [6, 6.07) is 0. The Labute approximate surface area is 104 Å². The molecule has 17 heavy (non-hydrogen) atoms. The van der Waals surface area contributed by atoms with Crippen LogP contribution in [0.15, 0.2) is 12.4 Å². The van der Waals surface area contributed by atoms with Crippen LogP contribution in [0.5, 0.6) is 0 Å². The van der Waals surface area contributed by atoms with Crippen molar-refractivity contribution in [1.29, 1.82) is 0 Å². The second kappa shape index (κ2) is 4.72. The van der Waals surface area contributed by atoms with Crippen LogP contribution in [-0.2, 0) is 0 Å². The van der Waals surface area contributed by atoms with E-state index in [1.54, 1.807) is 6.20 Å². The largest absolute Gasteiger partial charge is 0.354 e. The minimum absolute atomic E-state index is 0.328. The molecule has 1 aliphatic rings. The SMILES string of the molecule is CC(F)(F)C1CCN(c2nccnc2Cl)CC1. The van der Waals surface area contributed by atoms with E-state index in [1.807, 2.05) is 4.90 Å². The molecule has 0 aromatic carbocycles. The second-order valence-corrected chi connectivity index (χ2v) is 4.75. The fraction of sp³-hybridized carbons (Fsp3) is 0.636. The van der Waals surface area contributed by atoms with Gasteiger partial charge < -0.3 is 4.90 Å². The first-order chi connectivity index (χ1) is 7.98. The first-order valence-corrected chi connectivity index (χ1v) is 5.95. The fourth-order valence-electron chi connectivity index (χ4n) is 2.12. The van der Waals surface area contributed by atoms with E-state index in [1.165, 1.54) is 6.20 Å². The Morgan fingerprint density at radius 3 is 2.41 bits per heavy atom. The molecule has 1 aromatic rings. The van der Waals surface area contributed by atoms with Crippen LogP contribution in [0.25, 0.3) is 0 Å². The quantitative estimate of drug-likeness (QED) is 0.820. The van der Waals surface area contributed by atoms with Crippen LogP contribution in [0.4, 0.5) is 14.6 Å². The summed E-state index contributed by atoms with van der Waals surface area (Å²) < 4.78 is 26.3. The number of anilines is 1. The van der Waals surface area contributed by atoms with Gasteiger partial charge in [0, 0.05) is 31.4 Å². The third-order valence-electron chi connectivity index (χ3n) is 3.15. The number of halogens is 3. The van der Waals surface area contributed by atoms with Gasteiger partial charge in [-0.25, -0.2) is 18.7 Å². The Balaban J connectivity index is 2.03. The number of rotatable bonds is 2. The molecule has 1 aromatic heterocycles. The average molecular weight is 262 g/mol. The predicted octanol–water partition coefficient (Wildman–Crippen LogP) is 3.00. The number of alkyl halides is 2. The summed E-state index contributed by atoms with van der Waals surface area (Å²) in [6.07, 6.45) is 3.98. The molecule has 1 saturated heterocycles. The van der Waals surface area contributed by atoms with Crippen molar-refractivity contribution in [3.8, 4) is 0 Å². The van der Waals surface area contributed by atoms with Gasteiger partial charge in [0.15, 0.2) is 11.0 Å². The summed E-state index contributed by atoms with van der Waals surface area (Å²) in [5.41, 5.74) is 0. The smallest absolute Gasteiger partial charge is 0.248 e. The van der Waals surface area contributed by atoms with Crippen molar-refractivity contribution in [2.75, 3.05) is 18.0 Å². The van der Waals surface area contributed by atoms with Crippen molar-refractivity contribution in [2.45, 2.75) is 25.7 Å². The normalized spacial score (nSPS) is 18.5. The zero-order chi connectivity index (χ0) is 12.5. The molecule has 2 heterocycles. The fourth-order valence-corrected chi connectivity index (χ4v) is 2.35. The number of hydrogen-bond acceptors (Lipinski definition) is 3. The van der Waals surface area contributed by atoms with Crippen molar-refractivity contribution in [1.82, 2.24) is 9.97 Å². The monoisotopic (exact) mass is 261 g/mol. The third-order valence-corrected chi connectivity index (χ3v) is 3.41. The van der Waals surface area contributed by atoms with Crippen molar-refractivity contribution in [3.05, 3.63) is 17.5 Å². The lowest BCUT2D eigenvalue weighted by Gasteiger charge is -2.35. The Morgan fingerprint density at radius 1 is 1.29 bits per heavy atom. The van der Waals surface area contributed by atoms with Gasteiger partial charge in [-0.2, -0.15) is 0 Å². The van der Waals surface area contributed by atoms with Gasteiger partial charge in [-0.1, -0.05) is 11.6 Å². The average Bonchev–Trinajstić information content (AvgIpc) is 2.29. The molecule has 1 fully saturated rings. The van der Waals surface area contributed by atoms with Gasteiger partial charge in [-0.15, -0.1) is 0 Å². The first-order valence-electron chi connectivity index (χ1n) is 5.58. The van der Waals surface area contributed by atoms with Crippen LogP contribution in [-0.4, -0.2) is 29.0 Å². The van der Waals surface area contributed by atoms with Gasteiger partial charge in [0.2, 0.25) is 5.92 Å². The van der Waals surface area contributed by atoms with Crippen LogP contribution in [0.3, 0.4) is 0 Å². The summed E-state index contributed by atoms with van der Waals surface area (Å²) in [7, 11) is 0. The molecule has 94 valence electrons. The van der Waals surface area contributed by atoms with Crippen LogP contribution < -0.4 is 4.90 Å². The molecule has 0 unspecified atom stereocenters. The van der Waals surface area contributed by atoms with Gasteiger partial charge in [0.05, 0.1) is 0 Å². The van der Waals surface area contributed by atoms with E-state index in [2.05, 4.69) is 9.97 Å². The molecule has 0 N–H and O–H groups in total. The highest BCUT2D eigenvalue weighted by molar-refractivity contribution is 6.31. The highest BCUT2D eigenvalue weighted by Crippen LogP contribution is 2.34. The number of hydrogen-bond donors (Lipinski definition) is 0. The lowest BCUT2D eigenvalue weighted by molar-refractivity contribution is -0.0482. The molecule has 0 aliphatic carbocycles. The van der Waals surface area contributed by atoms with E-state index >= 15 is 0 Å². The van der Waals surface area contributed by atoms with Crippen LogP contribution >= 0.6 is 11.6 Å². The molecule has 0 radical (unpaired) electrons. The lowest BCUT2D eigenvalue weighted by Crippen LogP contribution is -2.40. The zero-order valence-corrected chi connectivity index (χ0v) is 10.3. The van der Waals surface area contributed by atoms with Gasteiger partial charge >= 0.3 is 0 Å². The van der Waals surface area contributed by atoms with Crippen molar-refractivity contribution < 1.29 is 8.78 Å². The molecule has 0 bridgehead atoms. The first kappa shape index (κ1) is 12.5. The maximum absolute atomic E-state index is 13.1.